The average molecular weight is 335 g/mol. The van der Waals surface area contributed by atoms with Crippen molar-refractivity contribution in [2.75, 3.05) is 12.4 Å². The predicted octanol–water partition coefficient (Wildman–Crippen LogP) is 4.26. The molecule has 1 aliphatic rings. The van der Waals surface area contributed by atoms with Crippen LogP contribution in [0.2, 0.25) is 0 Å². The Balaban J connectivity index is 2.03. The Kier molecular flexibility index (Phi) is 6.96. The Hall–Kier alpha value is -1.49. The molecule has 1 unspecified atom stereocenters. The van der Waals surface area contributed by atoms with Gasteiger partial charge in [-0.15, -0.1) is 11.8 Å². The van der Waals surface area contributed by atoms with Crippen molar-refractivity contribution in [1.29, 1.82) is 0 Å². The predicted molar refractivity (Wildman–Crippen MR) is 95.0 cm³/mol. The van der Waals surface area contributed by atoms with Gasteiger partial charge in [-0.3, -0.25) is 4.79 Å². The maximum atomic E-state index is 12.6. The van der Waals surface area contributed by atoms with Crippen molar-refractivity contribution in [2.45, 2.75) is 55.9 Å². The number of esters is 1. The topological polar surface area (TPSA) is 55.4 Å². The molecule has 1 aromatic carbocycles. The van der Waals surface area contributed by atoms with Crippen molar-refractivity contribution in [3.63, 3.8) is 0 Å². The van der Waals surface area contributed by atoms with E-state index >= 15 is 0 Å². The van der Waals surface area contributed by atoms with Crippen molar-refractivity contribution in [2.24, 2.45) is 0 Å². The fraction of sp³-hybridized carbons (Fsp3) is 0.556. The largest absolute Gasteiger partial charge is 0.465 e. The second kappa shape index (κ2) is 8.96. The number of methoxy groups -OCH3 is 1. The van der Waals surface area contributed by atoms with E-state index in [1.54, 1.807) is 36.0 Å². The molecule has 126 valence electrons. The van der Waals surface area contributed by atoms with E-state index in [1.165, 1.54) is 39.2 Å². The van der Waals surface area contributed by atoms with Gasteiger partial charge in [0.05, 0.1) is 23.6 Å². The fourth-order valence-electron chi connectivity index (χ4n) is 2.87. The second-order valence-corrected chi connectivity index (χ2v) is 7.33. The van der Waals surface area contributed by atoms with Crippen molar-refractivity contribution in [3.8, 4) is 0 Å². The maximum absolute atomic E-state index is 12.6. The smallest absolute Gasteiger partial charge is 0.339 e. The summed E-state index contributed by atoms with van der Waals surface area (Å²) >= 11 is 1.78. The van der Waals surface area contributed by atoms with Gasteiger partial charge in [0.1, 0.15) is 0 Å². The Labute approximate surface area is 142 Å². The van der Waals surface area contributed by atoms with Gasteiger partial charge in [0.2, 0.25) is 5.91 Å². The number of rotatable bonds is 6. The molecule has 1 amide bonds. The van der Waals surface area contributed by atoms with Gasteiger partial charge in [-0.05, 0) is 31.4 Å². The van der Waals surface area contributed by atoms with Crippen LogP contribution in [0.3, 0.4) is 0 Å². The number of hydrogen-bond acceptors (Lipinski definition) is 4. The van der Waals surface area contributed by atoms with Crippen LogP contribution >= 0.6 is 11.8 Å². The van der Waals surface area contributed by atoms with Crippen molar-refractivity contribution >= 4 is 29.3 Å². The first kappa shape index (κ1) is 17.9. The van der Waals surface area contributed by atoms with Gasteiger partial charge in [-0.25, -0.2) is 4.79 Å². The molecule has 1 N–H and O–H groups in total. The van der Waals surface area contributed by atoms with E-state index in [4.69, 9.17) is 4.74 Å². The normalized spacial score (nSPS) is 16.6. The minimum absolute atomic E-state index is 0.0283. The molecule has 0 aromatic heterocycles. The van der Waals surface area contributed by atoms with Crippen LogP contribution < -0.4 is 5.32 Å². The summed E-state index contributed by atoms with van der Waals surface area (Å²) in [6.45, 7) is 2.03. The molecule has 23 heavy (non-hydrogen) atoms. The number of carbonyl (C=O) groups excluding carboxylic acids is 2. The lowest BCUT2D eigenvalue weighted by Crippen LogP contribution is -2.28. The summed E-state index contributed by atoms with van der Waals surface area (Å²) in [6, 6.07) is 6.96. The molecule has 0 saturated heterocycles. The van der Waals surface area contributed by atoms with Crippen molar-refractivity contribution in [1.82, 2.24) is 0 Å². The molecule has 0 heterocycles. The third-order valence-electron chi connectivity index (χ3n) is 4.16. The van der Waals surface area contributed by atoms with E-state index in [0.29, 0.717) is 16.5 Å². The number of benzene rings is 1. The number of carbonyl (C=O) groups is 2. The number of anilines is 1. The maximum Gasteiger partial charge on any atom is 0.339 e. The van der Waals surface area contributed by atoms with Crippen LogP contribution in [0.4, 0.5) is 5.69 Å². The van der Waals surface area contributed by atoms with E-state index in [1.807, 2.05) is 6.92 Å². The highest BCUT2D eigenvalue weighted by molar-refractivity contribution is 8.01. The molecule has 1 fully saturated rings. The van der Waals surface area contributed by atoms with Crippen molar-refractivity contribution < 1.29 is 14.3 Å². The molecule has 5 heteroatoms. The summed E-state index contributed by atoms with van der Waals surface area (Å²) in [5, 5.41) is 3.40. The van der Waals surface area contributed by atoms with Crippen LogP contribution in [0.15, 0.2) is 24.3 Å². The molecule has 4 nitrogen and oxygen atoms in total. The summed E-state index contributed by atoms with van der Waals surface area (Å²) in [4.78, 5) is 24.4. The molecule has 1 aromatic rings. The van der Waals surface area contributed by atoms with E-state index in [2.05, 4.69) is 5.32 Å². The molecular formula is C18H25NO3S. The minimum atomic E-state index is -0.436. The minimum Gasteiger partial charge on any atom is -0.465 e. The number of nitrogens with one attached hydrogen (secondary N) is 1. The number of amides is 1. The molecule has 0 spiro atoms. The van der Waals surface area contributed by atoms with Crippen LogP contribution in [0, 0.1) is 0 Å². The van der Waals surface area contributed by atoms with E-state index in [0.717, 1.165) is 6.42 Å². The van der Waals surface area contributed by atoms with Gasteiger partial charge < -0.3 is 10.1 Å². The highest BCUT2D eigenvalue weighted by Gasteiger charge is 2.24. The molecule has 2 rings (SSSR count). The quantitative estimate of drug-likeness (QED) is 0.789. The standard InChI is InChI=1S/C18H25NO3S/c1-3-16(23-13-9-5-4-6-10-13)17(20)19-15-12-8-7-11-14(15)18(21)22-2/h7-8,11-13,16H,3-6,9-10H2,1-2H3,(H,19,20). The summed E-state index contributed by atoms with van der Waals surface area (Å²) in [5.74, 6) is -0.465. The zero-order valence-corrected chi connectivity index (χ0v) is 14.7. The lowest BCUT2D eigenvalue weighted by Gasteiger charge is -2.25. The van der Waals surface area contributed by atoms with Crippen molar-refractivity contribution in [3.05, 3.63) is 29.8 Å². The third-order valence-corrected chi connectivity index (χ3v) is 5.89. The third kappa shape index (κ3) is 4.99. The summed E-state index contributed by atoms with van der Waals surface area (Å²) in [6.07, 6.45) is 7.03. The first-order chi connectivity index (χ1) is 11.2. The van der Waals surface area contributed by atoms with Gasteiger partial charge in [0, 0.05) is 5.25 Å². The van der Waals surface area contributed by atoms with Crippen LogP contribution in [0.25, 0.3) is 0 Å². The van der Waals surface area contributed by atoms with Crippen LogP contribution in [0.1, 0.15) is 55.8 Å². The van der Waals surface area contributed by atoms with Crippen LogP contribution in [0.5, 0.6) is 0 Å². The number of hydrogen-bond donors (Lipinski definition) is 1. The molecule has 1 aliphatic carbocycles. The van der Waals surface area contributed by atoms with Gasteiger partial charge in [0.15, 0.2) is 0 Å². The first-order valence-corrected chi connectivity index (χ1v) is 9.23. The molecule has 1 saturated carbocycles. The number of ether oxygens (including phenoxy) is 1. The van der Waals surface area contributed by atoms with Gasteiger partial charge in [0.25, 0.3) is 0 Å². The van der Waals surface area contributed by atoms with Gasteiger partial charge >= 0.3 is 5.97 Å². The zero-order chi connectivity index (χ0) is 16.7. The van der Waals surface area contributed by atoms with E-state index < -0.39 is 5.97 Å². The average Bonchev–Trinajstić information content (AvgIpc) is 2.60. The number of thioether (sulfide) groups is 1. The molecule has 0 bridgehead atoms. The number of para-hydroxylation sites is 1. The van der Waals surface area contributed by atoms with E-state index in [-0.39, 0.29) is 11.2 Å². The highest BCUT2D eigenvalue weighted by Crippen LogP contribution is 2.32. The summed E-state index contributed by atoms with van der Waals surface area (Å²) < 4.78 is 4.77. The Morgan fingerprint density at radius 1 is 1.26 bits per heavy atom. The monoisotopic (exact) mass is 335 g/mol. The fourth-order valence-corrected chi connectivity index (χ4v) is 4.32. The summed E-state index contributed by atoms with van der Waals surface area (Å²) in [5.41, 5.74) is 0.910. The SMILES string of the molecule is CCC(SC1CCCCC1)C(=O)Nc1ccccc1C(=O)OC. The molecule has 0 radical (unpaired) electrons. The highest BCUT2D eigenvalue weighted by atomic mass is 32.2. The molecular weight excluding hydrogens is 310 g/mol. The lowest BCUT2D eigenvalue weighted by atomic mass is 10.0. The van der Waals surface area contributed by atoms with Gasteiger partial charge in [-0.1, -0.05) is 38.3 Å². The zero-order valence-electron chi connectivity index (χ0n) is 13.8. The van der Waals surface area contributed by atoms with Crippen LogP contribution in [-0.4, -0.2) is 29.5 Å². The van der Waals surface area contributed by atoms with Gasteiger partial charge in [-0.2, -0.15) is 0 Å². The Bertz CT molecular complexity index is 541. The Morgan fingerprint density at radius 2 is 1.96 bits per heavy atom. The Morgan fingerprint density at radius 3 is 2.61 bits per heavy atom. The first-order valence-electron chi connectivity index (χ1n) is 8.29. The molecule has 0 aliphatic heterocycles. The van der Waals surface area contributed by atoms with Crippen LogP contribution in [-0.2, 0) is 9.53 Å². The second-order valence-electron chi connectivity index (χ2n) is 5.82. The lowest BCUT2D eigenvalue weighted by molar-refractivity contribution is -0.115. The molecule has 1 atom stereocenters. The summed E-state index contributed by atoms with van der Waals surface area (Å²) in [7, 11) is 1.34. The van der Waals surface area contributed by atoms with E-state index in [9.17, 15) is 9.59 Å².